The van der Waals surface area contributed by atoms with Crippen LogP contribution in [0.4, 0.5) is 0 Å². The van der Waals surface area contributed by atoms with E-state index in [9.17, 15) is 8.42 Å². The minimum absolute atomic E-state index is 0. The van der Waals surface area contributed by atoms with Crippen LogP contribution in [0.1, 0.15) is 39.2 Å². The van der Waals surface area contributed by atoms with Gasteiger partial charge >= 0.3 is 0 Å². The van der Waals surface area contributed by atoms with Crippen LogP contribution in [0, 0.1) is 11.3 Å². The summed E-state index contributed by atoms with van der Waals surface area (Å²) in [5, 5.41) is 11.8. The maximum Gasteiger partial charge on any atom is 0.238 e. The van der Waals surface area contributed by atoms with Crippen molar-refractivity contribution < 1.29 is 13.2 Å². The molecule has 0 aliphatic carbocycles. The zero-order valence-electron chi connectivity index (χ0n) is 17.1. The number of hydrogen-bond acceptors (Lipinski definition) is 4. The molecule has 4 N–H and O–H groups in total. The maximum atomic E-state index is 11.3. The Balaban J connectivity index is 0.00000392. The van der Waals surface area contributed by atoms with Crippen LogP contribution in [0.25, 0.3) is 0 Å². The van der Waals surface area contributed by atoms with E-state index in [2.05, 4.69) is 36.4 Å². The molecular formula is C19H33IN4O3S. The average molecular weight is 524 g/mol. The molecule has 0 bridgehead atoms. The third-order valence-electron chi connectivity index (χ3n) is 4.77. The molecule has 2 unspecified atom stereocenters. The zero-order valence-corrected chi connectivity index (χ0v) is 20.2. The molecule has 1 aromatic carbocycles. The molecule has 0 radical (unpaired) electrons. The first-order valence-electron chi connectivity index (χ1n) is 9.29. The number of halogens is 1. The van der Waals surface area contributed by atoms with E-state index in [1.54, 1.807) is 19.2 Å². The van der Waals surface area contributed by atoms with Gasteiger partial charge in [-0.05, 0) is 36.0 Å². The summed E-state index contributed by atoms with van der Waals surface area (Å²) in [7, 11) is -1.93. The number of guanidine groups is 1. The molecule has 1 aromatic rings. The molecule has 0 saturated carbocycles. The van der Waals surface area contributed by atoms with Crippen LogP contribution >= 0.6 is 24.0 Å². The number of ether oxygens (including phenoxy) is 1. The van der Waals surface area contributed by atoms with Crippen molar-refractivity contribution in [3.63, 3.8) is 0 Å². The Hall–Kier alpha value is -0.910. The summed E-state index contributed by atoms with van der Waals surface area (Å²) < 4.78 is 28.7. The van der Waals surface area contributed by atoms with Crippen LogP contribution < -0.4 is 15.8 Å². The van der Waals surface area contributed by atoms with Crippen LogP contribution in [-0.2, 0) is 21.3 Å². The van der Waals surface area contributed by atoms with E-state index in [0.29, 0.717) is 18.4 Å². The highest BCUT2D eigenvalue weighted by Gasteiger charge is 2.35. The van der Waals surface area contributed by atoms with Crippen LogP contribution in [0.15, 0.2) is 34.2 Å². The van der Waals surface area contributed by atoms with Crippen molar-refractivity contribution in [2.45, 2.75) is 51.2 Å². The maximum absolute atomic E-state index is 11.3. The Morgan fingerprint density at radius 1 is 1.25 bits per heavy atom. The molecule has 7 nitrogen and oxygen atoms in total. The fourth-order valence-electron chi connectivity index (χ4n) is 3.44. The summed E-state index contributed by atoms with van der Waals surface area (Å²) in [4.78, 5) is 4.38. The number of primary sulfonamides is 1. The Morgan fingerprint density at radius 3 is 2.43 bits per heavy atom. The normalized spacial score (nSPS) is 21.0. The third kappa shape index (κ3) is 7.49. The first-order chi connectivity index (χ1) is 12.6. The van der Waals surface area contributed by atoms with Gasteiger partial charge in [-0.3, -0.25) is 4.99 Å². The van der Waals surface area contributed by atoms with Gasteiger partial charge < -0.3 is 15.4 Å². The summed E-state index contributed by atoms with van der Waals surface area (Å²) in [5.74, 6) is 1.15. The first-order valence-corrected chi connectivity index (χ1v) is 10.8. The van der Waals surface area contributed by atoms with Crippen molar-refractivity contribution in [1.82, 2.24) is 10.6 Å². The van der Waals surface area contributed by atoms with Crippen molar-refractivity contribution in [3.8, 4) is 0 Å². The van der Waals surface area contributed by atoms with Gasteiger partial charge in [-0.2, -0.15) is 0 Å². The Morgan fingerprint density at radius 2 is 1.89 bits per heavy atom. The minimum atomic E-state index is -3.66. The smallest absolute Gasteiger partial charge is 0.238 e. The largest absolute Gasteiger partial charge is 0.377 e. The number of hydrogen-bond donors (Lipinski definition) is 3. The molecule has 0 spiro atoms. The zero-order chi connectivity index (χ0) is 20.1. The predicted octanol–water partition coefficient (Wildman–Crippen LogP) is 2.46. The number of rotatable bonds is 5. The Kier molecular flexibility index (Phi) is 9.65. The molecule has 2 rings (SSSR count). The second-order valence-corrected chi connectivity index (χ2v) is 9.62. The third-order valence-corrected chi connectivity index (χ3v) is 5.69. The summed E-state index contributed by atoms with van der Waals surface area (Å²) in [6.07, 6.45) is 2.45. The van der Waals surface area contributed by atoms with E-state index < -0.39 is 10.0 Å². The number of nitrogens with zero attached hydrogens (tertiary/aromatic N) is 1. The number of aliphatic imine (C=N–C) groups is 1. The van der Waals surface area contributed by atoms with Crippen molar-refractivity contribution in [2.24, 2.45) is 21.5 Å². The summed E-state index contributed by atoms with van der Waals surface area (Å²) in [5.41, 5.74) is 1.05. The number of benzene rings is 1. The van der Waals surface area contributed by atoms with E-state index in [1.165, 1.54) is 12.1 Å². The molecule has 1 aliphatic heterocycles. The van der Waals surface area contributed by atoms with Crippen LogP contribution in [0.2, 0.25) is 0 Å². The summed E-state index contributed by atoms with van der Waals surface area (Å²) >= 11 is 0. The standard InChI is InChI=1S/C19H32N4O3S.HI/c1-19(2,3)17-15(6-5-11-26-17)13-23-18(21-4)22-12-14-7-9-16(10-8-14)27(20,24)25;/h7-10,15,17H,5-6,11-13H2,1-4H3,(H2,20,24,25)(H2,21,22,23);1H. The molecule has 9 heteroatoms. The Bertz CT molecular complexity index is 745. The lowest BCUT2D eigenvalue weighted by molar-refractivity contribution is -0.0835. The fraction of sp³-hybridized carbons (Fsp3) is 0.632. The van der Waals surface area contributed by atoms with Gasteiger partial charge in [-0.1, -0.05) is 32.9 Å². The van der Waals surface area contributed by atoms with Crippen LogP contribution in [0.3, 0.4) is 0 Å². The molecule has 2 atom stereocenters. The van der Waals surface area contributed by atoms with Crippen molar-refractivity contribution in [3.05, 3.63) is 29.8 Å². The van der Waals surface area contributed by atoms with Gasteiger partial charge in [0.05, 0.1) is 11.0 Å². The van der Waals surface area contributed by atoms with E-state index in [0.717, 1.165) is 31.6 Å². The van der Waals surface area contributed by atoms with Gasteiger partial charge in [0.1, 0.15) is 0 Å². The van der Waals surface area contributed by atoms with Gasteiger partial charge in [-0.15, -0.1) is 24.0 Å². The highest BCUT2D eigenvalue weighted by Crippen LogP contribution is 2.33. The van der Waals surface area contributed by atoms with Crippen molar-refractivity contribution in [2.75, 3.05) is 20.2 Å². The molecule has 28 heavy (non-hydrogen) atoms. The van der Waals surface area contributed by atoms with E-state index in [1.807, 2.05) is 0 Å². The number of nitrogens with one attached hydrogen (secondary N) is 2. The molecule has 1 aliphatic rings. The van der Waals surface area contributed by atoms with Gasteiger partial charge in [-0.25, -0.2) is 13.6 Å². The molecule has 1 fully saturated rings. The molecular weight excluding hydrogens is 491 g/mol. The van der Waals surface area contributed by atoms with Gasteiger partial charge in [0.2, 0.25) is 10.0 Å². The summed E-state index contributed by atoms with van der Waals surface area (Å²) in [6, 6.07) is 6.50. The quantitative estimate of drug-likeness (QED) is 0.312. The number of sulfonamides is 1. The van der Waals surface area contributed by atoms with Crippen LogP contribution in [-0.4, -0.2) is 40.7 Å². The van der Waals surface area contributed by atoms with E-state index in [4.69, 9.17) is 9.88 Å². The molecule has 1 saturated heterocycles. The van der Waals surface area contributed by atoms with E-state index in [-0.39, 0.29) is 40.4 Å². The monoisotopic (exact) mass is 524 g/mol. The minimum Gasteiger partial charge on any atom is -0.377 e. The predicted molar refractivity (Wildman–Crippen MR) is 123 cm³/mol. The van der Waals surface area contributed by atoms with E-state index >= 15 is 0 Å². The van der Waals surface area contributed by atoms with Crippen LogP contribution in [0.5, 0.6) is 0 Å². The van der Waals surface area contributed by atoms with Gasteiger partial charge in [0.25, 0.3) is 0 Å². The fourth-order valence-corrected chi connectivity index (χ4v) is 3.96. The molecule has 0 aromatic heterocycles. The summed E-state index contributed by atoms with van der Waals surface area (Å²) in [6.45, 7) is 8.82. The molecule has 0 amide bonds. The lowest BCUT2D eigenvalue weighted by atomic mass is 9.78. The van der Waals surface area contributed by atoms with Gasteiger partial charge in [0, 0.05) is 32.7 Å². The lowest BCUT2D eigenvalue weighted by Crippen LogP contribution is -2.47. The van der Waals surface area contributed by atoms with Gasteiger partial charge in [0.15, 0.2) is 5.96 Å². The lowest BCUT2D eigenvalue weighted by Gasteiger charge is -2.40. The SMILES string of the molecule is CN=C(NCc1ccc(S(N)(=O)=O)cc1)NCC1CCCOC1C(C)(C)C.I. The van der Waals surface area contributed by atoms with Crippen molar-refractivity contribution in [1.29, 1.82) is 0 Å². The molecule has 1 heterocycles. The second kappa shape index (κ2) is 10.7. The molecule has 160 valence electrons. The van der Waals surface area contributed by atoms with Crippen molar-refractivity contribution >= 4 is 40.0 Å². The average Bonchev–Trinajstić information content (AvgIpc) is 2.61. The number of nitrogens with two attached hydrogens (primary N) is 1. The Labute approximate surface area is 186 Å². The first kappa shape index (κ1) is 25.1. The topological polar surface area (TPSA) is 106 Å². The highest BCUT2D eigenvalue weighted by molar-refractivity contribution is 14.0. The highest BCUT2D eigenvalue weighted by atomic mass is 127. The second-order valence-electron chi connectivity index (χ2n) is 8.06.